The molecule has 1 N–H and O–H groups in total. The molecule has 0 bridgehead atoms. The average Bonchev–Trinajstić information content (AvgIpc) is 2.82. The van der Waals surface area contributed by atoms with E-state index in [0.717, 1.165) is 22.6 Å². The van der Waals surface area contributed by atoms with E-state index in [9.17, 15) is 28.1 Å². The minimum absolute atomic E-state index is 0.118. The van der Waals surface area contributed by atoms with Gasteiger partial charge in [0.15, 0.2) is 5.13 Å². The number of hydrazine groups is 1. The summed E-state index contributed by atoms with van der Waals surface area (Å²) in [7, 11) is 1.60. The molecule has 3 aromatic rings. The molecule has 1 aliphatic heterocycles. The topological polar surface area (TPSA) is 101 Å². The summed E-state index contributed by atoms with van der Waals surface area (Å²) in [5, 5.41) is 13.3. The number of nitrogens with zero attached hydrogens (tertiary/aromatic N) is 4. The van der Waals surface area contributed by atoms with Crippen molar-refractivity contribution in [2.45, 2.75) is 12.7 Å². The standard InChI is InChI=1S/C21H20F3N5O4S/c1-33-15-4-2-13(3-5-15)12-25-28-8-6-27(7-9-28)20-26-19(30)16-10-14(21(22,23)24)11-17(29(31)32)18(16)34-20/h2-5,10-11,25H,6-9,12H2,1H3. The van der Waals surface area contributed by atoms with Crippen molar-refractivity contribution in [3.8, 4) is 5.75 Å². The number of non-ortho nitro benzene ring substituents is 1. The Hall–Kier alpha value is -3.29. The van der Waals surface area contributed by atoms with Crippen LogP contribution >= 0.6 is 11.3 Å². The Balaban J connectivity index is 1.49. The summed E-state index contributed by atoms with van der Waals surface area (Å²) in [5.41, 5.74) is 1.48. The predicted molar refractivity (Wildman–Crippen MR) is 121 cm³/mol. The molecule has 0 unspecified atom stereocenters. The number of anilines is 1. The zero-order valence-electron chi connectivity index (χ0n) is 18.0. The maximum Gasteiger partial charge on any atom is 0.416 e. The van der Waals surface area contributed by atoms with Gasteiger partial charge in [0.05, 0.1) is 23.0 Å². The monoisotopic (exact) mass is 495 g/mol. The molecule has 0 radical (unpaired) electrons. The maximum absolute atomic E-state index is 13.1. The summed E-state index contributed by atoms with van der Waals surface area (Å²) in [6.45, 7) is 2.76. The lowest BCUT2D eigenvalue weighted by molar-refractivity contribution is -0.383. The second-order valence-electron chi connectivity index (χ2n) is 7.59. The molecule has 180 valence electrons. The quantitative estimate of drug-likeness (QED) is 0.410. The number of nitro groups is 1. The van der Waals surface area contributed by atoms with Gasteiger partial charge in [0.25, 0.3) is 11.2 Å². The first kappa shape index (κ1) is 23.9. The van der Waals surface area contributed by atoms with Gasteiger partial charge in [-0.1, -0.05) is 23.5 Å². The van der Waals surface area contributed by atoms with E-state index in [1.165, 1.54) is 0 Å². The van der Waals surface area contributed by atoms with E-state index in [4.69, 9.17) is 4.74 Å². The second-order valence-corrected chi connectivity index (χ2v) is 8.56. The molecular formula is C21H20F3N5O4S. The Bertz CT molecular complexity index is 1260. The Kier molecular flexibility index (Phi) is 6.68. The smallest absolute Gasteiger partial charge is 0.416 e. The number of methoxy groups -OCH3 is 1. The van der Waals surface area contributed by atoms with Gasteiger partial charge in [-0.25, -0.2) is 5.01 Å². The third-order valence-corrected chi connectivity index (χ3v) is 6.60. The van der Waals surface area contributed by atoms with Crippen LogP contribution in [0, 0.1) is 10.1 Å². The van der Waals surface area contributed by atoms with Crippen molar-refractivity contribution < 1.29 is 22.8 Å². The third kappa shape index (κ3) is 5.11. The molecule has 1 fully saturated rings. The lowest BCUT2D eigenvalue weighted by Crippen LogP contribution is -2.52. The highest BCUT2D eigenvalue weighted by Gasteiger charge is 2.34. The highest BCUT2D eigenvalue weighted by atomic mass is 32.1. The zero-order valence-corrected chi connectivity index (χ0v) is 18.8. The Labute approximate surface area is 195 Å². The Morgan fingerprint density at radius 3 is 2.44 bits per heavy atom. The molecule has 1 aliphatic rings. The van der Waals surface area contributed by atoms with Crippen molar-refractivity contribution in [1.82, 2.24) is 15.4 Å². The highest BCUT2D eigenvalue weighted by molar-refractivity contribution is 7.22. The Morgan fingerprint density at radius 2 is 1.85 bits per heavy atom. The van der Waals surface area contributed by atoms with Crippen LogP contribution in [0.5, 0.6) is 5.75 Å². The summed E-state index contributed by atoms with van der Waals surface area (Å²) in [5.74, 6) is 0.772. The summed E-state index contributed by atoms with van der Waals surface area (Å²) in [6.07, 6.45) is -4.82. The molecule has 1 saturated heterocycles. The molecule has 4 rings (SSSR count). The second kappa shape index (κ2) is 9.52. The normalized spacial score (nSPS) is 15.0. The molecule has 34 heavy (non-hydrogen) atoms. The van der Waals surface area contributed by atoms with Crippen molar-refractivity contribution in [3.05, 3.63) is 68.0 Å². The molecule has 9 nitrogen and oxygen atoms in total. The van der Waals surface area contributed by atoms with Crippen LogP contribution in [0.25, 0.3) is 10.1 Å². The number of aromatic nitrogens is 1. The van der Waals surface area contributed by atoms with E-state index in [0.29, 0.717) is 44.9 Å². The lowest BCUT2D eigenvalue weighted by Gasteiger charge is -2.35. The third-order valence-electron chi connectivity index (χ3n) is 5.43. The summed E-state index contributed by atoms with van der Waals surface area (Å²) in [4.78, 5) is 28.8. The molecule has 0 amide bonds. The van der Waals surface area contributed by atoms with Gasteiger partial charge in [-0.3, -0.25) is 20.3 Å². The molecular weight excluding hydrogens is 475 g/mol. The van der Waals surface area contributed by atoms with E-state index >= 15 is 0 Å². The molecule has 1 aromatic heterocycles. The van der Waals surface area contributed by atoms with Crippen molar-refractivity contribution in [2.24, 2.45) is 0 Å². The maximum atomic E-state index is 13.1. The average molecular weight is 495 g/mol. The van der Waals surface area contributed by atoms with Gasteiger partial charge in [0.2, 0.25) is 0 Å². The van der Waals surface area contributed by atoms with Crippen LogP contribution in [0.3, 0.4) is 0 Å². The summed E-state index contributed by atoms with van der Waals surface area (Å²) >= 11 is 0.852. The number of hydrogen-bond acceptors (Lipinski definition) is 9. The van der Waals surface area contributed by atoms with Gasteiger partial charge < -0.3 is 9.64 Å². The van der Waals surface area contributed by atoms with Gasteiger partial charge in [-0.2, -0.15) is 18.2 Å². The van der Waals surface area contributed by atoms with Crippen LogP contribution in [0.1, 0.15) is 11.1 Å². The molecule has 0 aliphatic carbocycles. The van der Waals surface area contributed by atoms with Crippen molar-refractivity contribution in [3.63, 3.8) is 0 Å². The first-order valence-electron chi connectivity index (χ1n) is 10.2. The van der Waals surface area contributed by atoms with Crippen LogP contribution in [0.4, 0.5) is 24.0 Å². The molecule has 0 atom stereocenters. The highest BCUT2D eigenvalue weighted by Crippen LogP contribution is 2.38. The number of nitrogens with one attached hydrogen (secondary N) is 1. The largest absolute Gasteiger partial charge is 0.497 e. The van der Waals surface area contributed by atoms with Crippen molar-refractivity contribution in [2.75, 3.05) is 38.2 Å². The van der Waals surface area contributed by atoms with E-state index < -0.39 is 33.3 Å². The fraction of sp³-hybridized carbons (Fsp3) is 0.333. The SMILES string of the molecule is COc1ccc(CNN2CCN(c3nc(=O)c4cc(C(F)(F)F)cc([N+](=O)[O-])c4s3)CC2)cc1. The minimum Gasteiger partial charge on any atom is -0.497 e. The van der Waals surface area contributed by atoms with E-state index in [1.807, 2.05) is 29.3 Å². The molecule has 2 aromatic carbocycles. The number of halogens is 3. The number of piperazine rings is 1. The fourth-order valence-corrected chi connectivity index (χ4v) is 4.69. The summed E-state index contributed by atoms with van der Waals surface area (Å²) < 4.78 is 44.4. The van der Waals surface area contributed by atoms with E-state index in [2.05, 4.69) is 10.4 Å². The van der Waals surface area contributed by atoms with Crippen LogP contribution in [0.15, 0.2) is 41.2 Å². The van der Waals surface area contributed by atoms with Crippen molar-refractivity contribution in [1.29, 1.82) is 0 Å². The number of hydrogen-bond donors (Lipinski definition) is 1. The van der Waals surface area contributed by atoms with Crippen molar-refractivity contribution >= 4 is 32.2 Å². The fourth-order valence-electron chi connectivity index (χ4n) is 3.58. The van der Waals surface area contributed by atoms with Gasteiger partial charge >= 0.3 is 6.18 Å². The lowest BCUT2D eigenvalue weighted by atomic mass is 10.1. The summed E-state index contributed by atoms with van der Waals surface area (Å²) in [6, 6.07) is 8.74. The minimum atomic E-state index is -4.82. The van der Waals surface area contributed by atoms with Gasteiger partial charge in [-0.05, 0) is 23.8 Å². The van der Waals surface area contributed by atoms with E-state index in [1.54, 1.807) is 12.0 Å². The number of rotatable bonds is 6. The van der Waals surface area contributed by atoms with Gasteiger partial charge in [-0.15, -0.1) is 0 Å². The molecule has 2 heterocycles. The van der Waals surface area contributed by atoms with Crippen LogP contribution < -0.4 is 20.6 Å². The van der Waals surface area contributed by atoms with E-state index in [-0.39, 0.29) is 9.83 Å². The van der Waals surface area contributed by atoms with Gasteiger partial charge in [0.1, 0.15) is 10.4 Å². The molecule has 13 heteroatoms. The Morgan fingerprint density at radius 1 is 1.18 bits per heavy atom. The predicted octanol–water partition coefficient (Wildman–Crippen LogP) is 3.42. The number of nitro benzene ring substituents is 1. The zero-order chi connectivity index (χ0) is 24.5. The molecule has 0 saturated carbocycles. The van der Waals surface area contributed by atoms with Crippen LogP contribution in [-0.2, 0) is 12.7 Å². The number of benzene rings is 2. The number of ether oxygens (including phenoxy) is 1. The van der Waals surface area contributed by atoms with Gasteiger partial charge in [0, 0.05) is 38.8 Å². The number of fused-ring (bicyclic) bond motifs is 1. The molecule has 0 spiro atoms. The first-order valence-corrected chi connectivity index (χ1v) is 11.0. The number of alkyl halides is 3. The first-order chi connectivity index (χ1) is 16.2. The van der Waals surface area contributed by atoms with Crippen LogP contribution in [-0.4, -0.2) is 48.2 Å². The van der Waals surface area contributed by atoms with Crippen LogP contribution in [0.2, 0.25) is 0 Å².